The fourth-order valence-electron chi connectivity index (χ4n) is 3.84. The molecule has 0 aliphatic rings. The fraction of sp³-hybridized carbons (Fsp3) is 0.125. The molecule has 1 aromatic heterocycles. The lowest BCUT2D eigenvalue weighted by Gasteiger charge is -2.08. The van der Waals surface area contributed by atoms with E-state index in [-0.39, 0.29) is 25.0 Å². The predicted molar refractivity (Wildman–Crippen MR) is 153 cm³/mol. The Bertz CT molecular complexity index is 1440. The van der Waals surface area contributed by atoms with Crippen LogP contribution in [0.3, 0.4) is 0 Å². The molecule has 5 aromatic rings. The third kappa shape index (κ3) is 8.03. The average Bonchev–Trinajstić information content (AvgIpc) is 3.53. The third-order valence-corrected chi connectivity index (χ3v) is 6.03. The van der Waals surface area contributed by atoms with Gasteiger partial charge in [-0.05, 0) is 59.7 Å². The van der Waals surface area contributed by atoms with Crippen molar-refractivity contribution in [3.05, 3.63) is 120 Å². The Morgan fingerprint density at radius 3 is 1.34 bits per heavy atom. The molecule has 0 fully saturated rings. The van der Waals surface area contributed by atoms with Gasteiger partial charge in [0.05, 0.1) is 0 Å². The Labute approximate surface area is 237 Å². The van der Waals surface area contributed by atoms with Crippen molar-refractivity contribution in [1.82, 2.24) is 20.8 Å². The van der Waals surface area contributed by atoms with E-state index in [9.17, 15) is 9.59 Å². The molecule has 0 bridgehead atoms. The molecule has 0 spiro atoms. The Morgan fingerprint density at radius 1 is 0.561 bits per heavy atom. The second kappa shape index (κ2) is 13.6. The van der Waals surface area contributed by atoms with E-state index >= 15 is 0 Å². The van der Waals surface area contributed by atoms with Crippen LogP contribution < -0.4 is 20.1 Å². The summed E-state index contributed by atoms with van der Waals surface area (Å²) >= 11 is 0. The zero-order valence-corrected chi connectivity index (χ0v) is 22.2. The minimum Gasteiger partial charge on any atom is -0.484 e. The van der Waals surface area contributed by atoms with E-state index in [2.05, 4.69) is 20.8 Å². The van der Waals surface area contributed by atoms with Crippen LogP contribution >= 0.6 is 0 Å². The number of aromatic nitrogens is 2. The van der Waals surface area contributed by atoms with Crippen molar-refractivity contribution in [2.24, 2.45) is 0 Å². The molecular formula is C32H28N4O5. The van der Waals surface area contributed by atoms with Crippen molar-refractivity contribution < 1.29 is 23.5 Å². The molecular weight excluding hydrogens is 520 g/mol. The number of ether oxygens (including phenoxy) is 2. The number of nitrogens with zero attached hydrogens (tertiary/aromatic N) is 2. The first-order valence-corrected chi connectivity index (χ1v) is 13.0. The quantitative estimate of drug-likeness (QED) is 0.230. The van der Waals surface area contributed by atoms with Gasteiger partial charge in [0.15, 0.2) is 13.2 Å². The highest BCUT2D eigenvalue weighted by Gasteiger charge is 2.12. The number of hydrogen-bond acceptors (Lipinski definition) is 7. The van der Waals surface area contributed by atoms with Gasteiger partial charge in [-0.25, -0.2) is 0 Å². The molecule has 0 aliphatic carbocycles. The largest absolute Gasteiger partial charge is 0.484 e. The lowest BCUT2D eigenvalue weighted by molar-refractivity contribution is -0.124. The van der Waals surface area contributed by atoms with Crippen molar-refractivity contribution in [2.45, 2.75) is 13.1 Å². The summed E-state index contributed by atoms with van der Waals surface area (Å²) in [7, 11) is 0. The zero-order valence-electron chi connectivity index (χ0n) is 22.2. The molecule has 2 N–H and O–H groups in total. The van der Waals surface area contributed by atoms with Crippen LogP contribution in [0.5, 0.6) is 11.5 Å². The number of hydrogen-bond donors (Lipinski definition) is 2. The minimum atomic E-state index is -0.206. The maximum absolute atomic E-state index is 12.1. The van der Waals surface area contributed by atoms with Crippen LogP contribution in [0.15, 0.2) is 114 Å². The molecule has 0 aliphatic heterocycles. The standard InChI is InChI=1S/C32H28N4O5/c37-29(33-19-23-7-3-1-4-8-23)21-39-27-15-11-25(12-16-27)31-35-36-32(41-31)26-13-17-28(18-14-26)40-22-30(38)34-20-24-9-5-2-6-10-24/h1-18H,19-22H2,(H,33,37)(H,34,38). The molecule has 0 unspecified atom stereocenters. The lowest BCUT2D eigenvalue weighted by atomic mass is 10.2. The van der Waals surface area contributed by atoms with E-state index in [1.54, 1.807) is 48.5 Å². The van der Waals surface area contributed by atoms with E-state index < -0.39 is 0 Å². The third-order valence-electron chi connectivity index (χ3n) is 6.03. The molecule has 41 heavy (non-hydrogen) atoms. The van der Waals surface area contributed by atoms with Gasteiger partial charge in [0.2, 0.25) is 11.8 Å². The van der Waals surface area contributed by atoms with Crippen LogP contribution in [-0.2, 0) is 22.7 Å². The molecule has 206 valence electrons. The molecule has 9 nitrogen and oxygen atoms in total. The smallest absolute Gasteiger partial charge is 0.258 e. The van der Waals surface area contributed by atoms with E-state index in [0.717, 1.165) is 11.1 Å². The van der Waals surface area contributed by atoms with Crippen molar-refractivity contribution in [3.8, 4) is 34.4 Å². The molecule has 1 heterocycles. The van der Waals surface area contributed by atoms with Gasteiger partial charge >= 0.3 is 0 Å². The highest BCUT2D eigenvalue weighted by Crippen LogP contribution is 2.26. The summed E-state index contributed by atoms with van der Waals surface area (Å²) in [5.41, 5.74) is 3.47. The molecule has 4 aromatic carbocycles. The molecule has 9 heteroatoms. The van der Waals surface area contributed by atoms with Crippen LogP contribution in [0.4, 0.5) is 0 Å². The summed E-state index contributed by atoms with van der Waals surface area (Å²) in [6, 6.07) is 33.5. The number of rotatable bonds is 12. The lowest BCUT2D eigenvalue weighted by Crippen LogP contribution is -2.28. The van der Waals surface area contributed by atoms with Gasteiger partial charge in [-0.2, -0.15) is 0 Å². The summed E-state index contributed by atoms with van der Waals surface area (Å²) < 4.78 is 17.0. The van der Waals surface area contributed by atoms with Gasteiger partial charge in [-0.3, -0.25) is 9.59 Å². The van der Waals surface area contributed by atoms with Crippen molar-refractivity contribution >= 4 is 11.8 Å². The van der Waals surface area contributed by atoms with Gasteiger partial charge < -0.3 is 24.5 Å². The Hall–Kier alpha value is -5.44. The first-order chi connectivity index (χ1) is 20.1. The highest BCUT2D eigenvalue weighted by molar-refractivity contribution is 5.78. The summed E-state index contributed by atoms with van der Waals surface area (Å²) in [5, 5.41) is 13.9. The van der Waals surface area contributed by atoms with E-state index in [1.807, 2.05) is 60.7 Å². The SMILES string of the molecule is O=C(COc1ccc(-c2nnc(-c3ccc(OCC(=O)NCc4ccccc4)cc3)o2)cc1)NCc1ccccc1. The van der Waals surface area contributed by atoms with Crippen molar-refractivity contribution in [3.63, 3.8) is 0 Å². The number of amides is 2. The van der Waals surface area contributed by atoms with Crippen molar-refractivity contribution in [1.29, 1.82) is 0 Å². The maximum Gasteiger partial charge on any atom is 0.258 e. The van der Waals surface area contributed by atoms with E-state index in [0.29, 0.717) is 47.5 Å². The topological polar surface area (TPSA) is 116 Å². The van der Waals surface area contributed by atoms with E-state index in [4.69, 9.17) is 13.9 Å². The van der Waals surface area contributed by atoms with E-state index in [1.165, 1.54) is 0 Å². The second-order valence-corrected chi connectivity index (χ2v) is 9.06. The van der Waals surface area contributed by atoms with Gasteiger partial charge in [0, 0.05) is 24.2 Å². The molecule has 5 rings (SSSR count). The monoisotopic (exact) mass is 548 g/mol. The molecule has 0 saturated heterocycles. The fourth-order valence-corrected chi connectivity index (χ4v) is 3.84. The van der Waals surface area contributed by atoms with Crippen LogP contribution in [0, 0.1) is 0 Å². The predicted octanol–water partition coefficient (Wildman–Crippen LogP) is 4.79. The summed E-state index contributed by atoms with van der Waals surface area (Å²) in [4.78, 5) is 24.2. The Balaban J connectivity index is 1.08. The van der Waals surface area contributed by atoms with Gasteiger partial charge in [-0.1, -0.05) is 60.7 Å². The minimum absolute atomic E-state index is 0.0883. The zero-order chi connectivity index (χ0) is 28.3. The van der Waals surface area contributed by atoms with Crippen molar-refractivity contribution in [2.75, 3.05) is 13.2 Å². The molecule has 0 atom stereocenters. The summed E-state index contributed by atoms with van der Waals surface area (Å²) in [6.07, 6.45) is 0. The summed E-state index contributed by atoms with van der Waals surface area (Å²) in [6.45, 7) is 0.719. The summed E-state index contributed by atoms with van der Waals surface area (Å²) in [5.74, 6) is 1.38. The molecule has 0 saturated carbocycles. The first kappa shape index (κ1) is 27.1. The number of carbonyl (C=O) groups is 2. The van der Waals surface area contributed by atoms with Gasteiger partial charge in [0.25, 0.3) is 11.8 Å². The van der Waals surface area contributed by atoms with Gasteiger partial charge in [-0.15, -0.1) is 10.2 Å². The molecule has 2 amide bonds. The highest BCUT2D eigenvalue weighted by atomic mass is 16.5. The number of nitrogens with one attached hydrogen (secondary N) is 2. The normalized spacial score (nSPS) is 10.5. The number of carbonyl (C=O) groups excluding carboxylic acids is 2. The maximum atomic E-state index is 12.1. The Morgan fingerprint density at radius 2 is 0.951 bits per heavy atom. The van der Waals surface area contributed by atoms with Gasteiger partial charge in [0.1, 0.15) is 11.5 Å². The van der Waals surface area contributed by atoms with Crippen LogP contribution in [0.25, 0.3) is 22.9 Å². The first-order valence-electron chi connectivity index (χ1n) is 13.0. The Kier molecular flexibility index (Phi) is 8.98. The molecule has 0 radical (unpaired) electrons. The van der Waals surface area contributed by atoms with Crippen LogP contribution in [-0.4, -0.2) is 35.2 Å². The van der Waals surface area contributed by atoms with Crippen LogP contribution in [0.1, 0.15) is 11.1 Å². The number of benzene rings is 4. The van der Waals surface area contributed by atoms with Crippen LogP contribution in [0.2, 0.25) is 0 Å². The average molecular weight is 549 g/mol. The second-order valence-electron chi connectivity index (χ2n) is 9.06.